The van der Waals surface area contributed by atoms with Gasteiger partial charge in [-0.15, -0.1) is 0 Å². The van der Waals surface area contributed by atoms with Crippen LogP contribution in [-0.4, -0.2) is 26.6 Å². The molecular formula is C9H18N4OS. The summed E-state index contributed by atoms with van der Waals surface area (Å²) in [6.07, 6.45) is 0.744. The third kappa shape index (κ3) is 4.44. The van der Waals surface area contributed by atoms with Gasteiger partial charge in [-0.25, -0.2) is 0 Å². The minimum absolute atomic E-state index is 0.269. The molecule has 1 atom stereocenters. The predicted octanol–water partition coefficient (Wildman–Crippen LogP) is 1.33. The lowest BCUT2D eigenvalue weighted by molar-refractivity contribution is 0.0515. The zero-order valence-corrected chi connectivity index (χ0v) is 10.1. The topological polar surface area (TPSA) is 84.1 Å². The summed E-state index contributed by atoms with van der Waals surface area (Å²) in [4.78, 5) is 3.96. The quantitative estimate of drug-likeness (QED) is 0.710. The summed E-state index contributed by atoms with van der Waals surface area (Å²) in [7, 11) is 0. The van der Waals surface area contributed by atoms with Crippen LogP contribution in [0.25, 0.3) is 0 Å². The third-order valence-electron chi connectivity index (χ3n) is 1.91. The molecule has 1 unspecified atom stereocenters. The summed E-state index contributed by atoms with van der Waals surface area (Å²) in [5.74, 6) is 0.729. The van der Waals surface area contributed by atoms with Crippen molar-refractivity contribution in [3.8, 4) is 0 Å². The van der Waals surface area contributed by atoms with Crippen molar-refractivity contribution in [2.75, 3.05) is 17.6 Å². The Morgan fingerprint density at radius 3 is 2.73 bits per heavy atom. The fourth-order valence-corrected chi connectivity index (χ4v) is 2.02. The van der Waals surface area contributed by atoms with E-state index in [1.807, 2.05) is 6.92 Å². The zero-order chi connectivity index (χ0) is 11.5. The van der Waals surface area contributed by atoms with E-state index < -0.39 is 5.60 Å². The number of hydrogen-bond acceptors (Lipinski definition) is 6. The molecule has 0 amide bonds. The highest BCUT2D eigenvalue weighted by Gasteiger charge is 2.21. The van der Waals surface area contributed by atoms with Gasteiger partial charge in [0.15, 0.2) is 0 Å². The van der Waals surface area contributed by atoms with E-state index in [0.717, 1.165) is 6.42 Å². The van der Waals surface area contributed by atoms with Gasteiger partial charge in [0, 0.05) is 18.1 Å². The summed E-state index contributed by atoms with van der Waals surface area (Å²) in [6, 6.07) is 0. The van der Waals surface area contributed by atoms with Crippen molar-refractivity contribution in [1.29, 1.82) is 0 Å². The third-order valence-corrected chi connectivity index (χ3v) is 2.60. The molecule has 0 spiro atoms. The summed E-state index contributed by atoms with van der Waals surface area (Å²) in [5, 5.41) is 13.7. The van der Waals surface area contributed by atoms with Gasteiger partial charge in [-0.1, -0.05) is 13.8 Å². The van der Waals surface area contributed by atoms with Gasteiger partial charge in [0.2, 0.25) is 11.1 Å². The van der Waals surface area contributed by atoms with Gasteiger partial charge in [-0.3, -0.25) is 0 Å². The number of anilines is 2. The Bertz CT molecular complexity index is 311. The Morgan fingerprint density at radius 2 is 2.27 bits per heavy atom. The highest BCUT2D eigenvalue weighted by molar-refractivity contribution is 7.09. The minimum Gasteiger partial charge on any atom is -0.388 e. The van der Waals surface area contributed by atoms with E-state index >= 15 is 0 Å². The molecule has 1 aromatic heterocycles. The van der Waals surface area contributed by atoms with Gasteiger partial charge in [-0.05, 0) is 19.3 Å². The fourth-order valence-electron chi connectivity index (χ4n) is 1.52. The first kappa shape index (κ1) is 12.2. The predicted molar refractivity (Wildman–Crippen MR) is 62.9 cm³/mol. The summed E-state index contributed by atoms with van der Waals surface area (Å²) >= 11 is 1.20. The van der Waals surface area contributed by atoms with Crippen LogP contribution in [0.15, 0.2) is 0 Å². The molecule has 6 heteroatoms. The Labute approximate surface area is 93.9 Å². The number of hydrogen-bond donors (Lipinski definition) is 3. The first-order chi connectivity index (χ1) is 6.89. The molecule has 0 saturated heterocycles. The van der Waals surface area contributed by atoms with Crippen LogP contribution in [-0.2, 0) is 0 Å². The zero-order valence-electron chi connectivity index (χ0n) is 9.32. The molecule has 0 aliphatic carbocycles. The molecule has 4 N–H and O–H groups in total. The SMILES string of the molecule is CC(C)CC(C)(O)CNc1nc(N)ns1. The van der Waals surface area contributed by atoms with Crippen LogP contribution in [0.4, 0.5) is 11.1 Å². The van der Waals surface area contributed by atoms with Gasteiger partial charge >= 0.3 is 0 Å². The molecule has 1 heterocycles. The number of aliphatic hydroxyl groups is 1. The Morgan fingerprint density at radius 1 is 1.60 bits per heavy atom. The summed E-state index contributed by atoms with van der Waals surface area (Å²) < 4.78 is 3.84. The number of nitrogens with one attached hydrogen (secondary N) is 1. The second kappa shape index (κ2) is 4.76. The van der Waals surface area contributed by atoms with Crippen molar-refractivity contribution in [3.63, 3.8) is 0 Å². The number of aromatic nitrogens is 2. The highest BCUT2D eigenvalue weighted by Crippen LogP contribution is 2.18. The van der Waals surface area contributed by atoms with Crippen molar-refractivity contribution < 1.29 is 5.11 Å². The van der Waals surface area contributed by atoms with Crippen LogP contribution in [0.3, 0.4) is 0 Å². The van der Waals surface area contributed by atoms with Crippen LogP contribution < -0.4 is 11.1 Å². The van der Waals surface area contributed by atoms with E-state index in [-0.39, 0.29) is 5.95 Å². The number of nitrogens with zero attached hydrogens (tertiary/aromatic N) is 2. The van der Waals surface area contributed by atoms with Crippen LogP contribution >= 0.6 is 11.5 Å². The van der Waals surface area contributed by atoms with E-state index in [1.54, 1.807) is 0 Å². The van der Waals surface area contributed by atoms with E-state index in [4.69, 9.17) is 5.73 Å². The minimum atomic E-state index is -0.728. The molecule has 1 aromatic rings. The smallest absolute Gasteiger partial charge is 0.233 e. The summed E-state index contributed by atoms with van der Waals surface area (Å²) in [5.41, 5.74) is 4.66. The van der Waals surface area contributed by atoms with Gasteiger partial charge in [0.25, 0.3) is 0 Å². The first-order valence-corrected chi connectivity index (χ1v) is 5.72. The molecule has 0 saturated carbocycles. The molecule has 0 aliphatic heterocycles. The molecule has 5 nitrogen and oxygen atoms in total. The van der Waals surface area contributed by atoms with Gasteiger partial charge < -0.3 is 16.2 Å². The molecular weight excluding hydrogens is 212 g/mol. The Kier molecular flexibility index (Phi) is 3.87. The molecule has 15 heavy (non-hydrogen) atoms. The molecule has 86 valence electrons. The average Bonchev–Trinajstić information content (AvgIpc) is 2.46. The van der Waals surface area contributed by atoms with E-state index in [9.17, 15) is 5.11 Å². The normalized spacial score (nSPS) is 15.3. The van der Waals surface area contributed by atoms with Gasteiger partial charge in [0.05, 0.1) is 5.60 Å². The second-order valence-corrected chi connectivity index (χ2v) is 5.16. The number of nitrogens with two attached hydrogens (primary N) is 1. The van der Waals surface area contributed by atoms with Crippen molar-refractivity contribution in [3.05, 3.63) is 0 Å². The van der Waals surface area contributed by atoms with Crippen LogP contribution in [0.5, 0.6) is 0 Å². The number of nitrogen functional groups attached to an aromatic ring is 1. The molecule has 0 radical (unpaired) electrons. The van der Waals surface area contributed by atoms with Crippen molar-refractivity contribution in [2.24, 2.45) is 5.92 Å². The van der Waals surface area contributed by atoms with Crippen LogP contribution in [0, 0.1) is 5.92 Å². The molecule has 0 bridgehead atoms. The highest BCUT2D eigenvalue weighted by atomic mass is 32.1. The van der Waals surface area contributed by atoms with E-state index in [0.29, 0.717) is 17.6 Å². The Hall–Kier alpha value is -0.880. The van der Waals surface area contributed by atoms with Gasteiger partial charge in [0.1, 0.15) is 0 Å². The molecule has 0 fully saturated rings. The largest absolute Gasteiger partial charge is 0.388 e. The molecule has 0 aromatic carbocycles. The molecule has 1 rings (SSSR count). The van der Waals surface area contributed by atoms with Crippen LogP contribution in [0.2, 0.25) is 0 Å². The lowest BCUT2D eigenvalue weighted by Crippen LogP contribution is -2.34. The summed E-state index contributed by atoms with van der Waals surface area (Å²) in [6.45, 7) is 6.43. The standard InChI is InChI=1S/C9H18N4OS/c1-6(2)4-9(3,14)5-11-8-12-7(10)13-15-8/h6,14H,4-5H2,1-3H3,(H3,10,11,12,13). The lowest BCUT2D eigenvalue weighted by Gasteiger charge is -2.25. The monoisotopic (exact) mass is 230 g/mol. The lowest BCUT2D eigenvalue weighted by atomic mass is 9.94. The van der Waals surface area contributed by atoms with Crippen LogP contribution in [0.1, 0.15) is 27.2 Å². The average molecular weight is 230 g/mol. The van der Waals surface area contributed by atoms with Gasteiger partial charge in [-0.2, -0.15) is 9.36 Å². The van der Waals surface area contributed by atoms with Crippen molar-refractivity contribution in [1.82, 2.24) is 9.36 Å². The Balaban J connectivity index is 2.42. The van der Waals surface area contributed by atoms with E-state index in [2.05, 4.69) is 28.5 Å². The van der Waals surface area contributed by atoms with Crippen molar-refractivity contribution >= 4 is 22.6 Å². The van der Waals surface area contributed by atoms with Crippen molar-refractivity contribution in [2.45, 2.75) is 32.8 Å². The molecule has 0 aliphatic rings. The maximum absolute atomic E-state index is 10.0. The fraction of sp³-hybridized carbons (Fsp3) is 0.778. The van der Waals surface area contributed by atoms with E-state index in [1.165, 1.54) is 11.5 Å². The maximum Gasteiger partial charge on any atom is 0.233 e. The second-order valence-electron chi connectivity index (χ2n) is 4.41. The maximum atomic E-state index is 10.0. The first-order valence-electron chi connectivity index (χ1n) is 4.94. The number of rotatable bonds is 5.